The molecule has 1 amide bonds. The molecule has 2 aromatic carbocycles. The molecule has 3 rings (SSSR count). The van der Waals surface area contributed by atoms with Crippen LogP contribution in [0.3, 0.4) is 0 Å². The topological polar surface area (TPSA) is 78.3 Å². The van der Waals surface area contributed by atoms with Crippen molar-refractivity contribution < 1.29 is 17.2 Å². The van der Waals surface area contributed by atoms with Gasteiger partial charge in [-0.25, -0.2) is 0 Å². The highest BCUT2D eigenvalue weighted by molar-refractivity contribution is 7.85. The highest BCUT2D eigenvalue weighted by atomic mass is 32.2. The summed E-state index contributed by atoms with van der Waals surface area (Å²) >= 11 is 0. The lowest BCUT2D eigenvalue weighted by Crippen LogP contribution is -2.28. The number of rotatable bonds is 4. The number of carbonyl (C=O) groups is 1. The molecular weight excluding hydrogens is 326 g/mol. The van der Waals surface area contributed by atoms with Crippen molar-refractivity contribution in [1.82, 2.24) is 5.32 Å². The standard InChI is InChI=1S/C17H17N3O3S/c1-13(21)19-15-7-9-16(10-8-15)24(22,23)20-12-11-18-17(20)14-5-3-2-4-6-14/h2-10H,11-12H2,1H3,(H,19,21)/p+1. The molecule has 6 nitrogen and oxygen atoms in total. The lowest BCUT2D eigenvalue weighted by molar-refractivity contribution is -0.352. The zero-order valence-corrected chi connectivity index (χ0v) is 14.0. The number of amidine groups is 1. The van der Waals surface area contributed by atoms with Gasteiger partial charge in [-0.3, -0.25) is 10.1 Å². The highest BCUT2D eigenvalue weighted by Gasteiger charge is 2.33. The fourth-order valence-corrected chi connectivity index (χ4v) is 4.08. The van der Waals surface area contributed by atoms with E-state index in [1.165, 1.54) is 23.0 Å². The maximum atomic E-state index is 12.9. The number of nitrogens with one attached hydrogen (secondary N) is 2. The predicted octanol–water partition coefficient (Wildman–Crippen LogP) is 1.40. The van der Waals surface area contributed by atoms with Crippen LogP contribution >= 0.6 is 0 Å². The van der Waals surface area contributed by atoms with E-state index in [1.54, 1.807) is 12.1 Å². The molecule has 0 spiro atoms. The maximum absolute atomic E-state index is 12.9. The first kappa shape index (κ1) is 16.2. The summed E-state index contributed by atoms with van der Waals surface area (Å²) in [6.07, 6.45) is 0. The van der Waals surface area contributed by atoms with Gasteiger partial charge >= 0.3 is 10.0 Å². The zero-order chi connectivity index (χ0) is 17.2. The van der Waals surface area contributed by atoms with Crippen molar-refractivity contribution in [1.29, 1.82) is 0 Å². The largest absolute Gasteiger partial charge is 0.331 e. The van der Waals surface area contributed by atoms with Crippen LogP contribution in [-0.4, -0.2) is 37.2 Å². The van der Waals surface area contributed by atoms with E-state index < -0.39 is 10.0 Å². The van der Waals surface area contributed by atoms with E-state index in [-0.39, 0.29) is 10.8 Å². The van der Waals surface area contributed by atoms with Gasteiger partial charge in [-0.1, -0.05) is 18.2 Å². The van der Waals surface area contributed by atoms with Crippen molar-refractivity contribution >= 4 is 27.5 Å². The number of hydrogen-bond acceptors (Lipinski definition) is 4. The van der Waals surface area contributed by atoms with Gasteiger partial charge in [0, 0.05) is 12.6 Å². The summed E-state index contributed by atoms with van der Waals surface area (Å²) in [5.41, 5.74) is 1.39. The molecule has 0 fully saturated rings. The quantitative estimate of drug-likeness (QED) is 0.822. The zero-order valence-electron chi connectivity index (χ0n) is 13.2. The fraction of sp³-hybridized carbons (Fsp3) is 0.176. The van der Waals surface area contributed by atoms with Crippen molar-refractivity contribution in [3.63, 3.8) is 0 Å². The third kappa shape index (κ3) is 3.16. The van der Waals surface area contributed by atoms with Gasteiger partial charge in [-0.05, 0) is 36.4 Å². The van der Waals surface area contributed by atoms with E-state index in [0.29, 0.717) is 24.6 Å². The van der Waals surface area contributed by atoms with Gasteiger partial charge in [0.05, 0.1) is 5.56 Å². The second-order valence-corrected chi connectivity index (χ2v) is 7.29. The summed E-state index contributed by atoms with van der Waals surface area (Å²) in [6.45, 7) is 2.34. The molecule has 2 N–H and O–H groups in total. The van der Waals surface area contributed by atoms with Gasteiger partial charge in [0.15, 0.2) is 0 Å². The average molecular weight is 344 g/mol. The van der Waals surface area contributed by atoms with Gasteiger partial charge < -0.3 is 5.32 Å². The van der Waals surface area contributed by atoms with E-state index in [1.807, 2.05) is 30.3 Å². The van der Waals surface area contributed by atoms with E-state index in [0.717, 1.165) is 5.56 Å². The Labute approximate surface area is 140 Å². The third-order valence-corrected chi connectivity index (χ3v) is 5.48. The second-order valence-electron chi connectivity index (χ2n) is 5.42. The van der Waals surface area contributed by atoms with Crippen LogP contribution < -0.4 is 10.6 Å². The van der Waals surface area contributed by atoms with E-state index in [2.05, 4.69) is 10.6 Å². The molecule has 1 aliphatic rings. The number of amides is 1. The molecule has 7 heteroatoms. The Morgan fingerprint density at radius 1 is 1.08 bits per heavy atom. The molecular formula is C17H18N3O3S+. The predicted molar refractivity (Wildman–Crippen MR) is 91.6 cm³/mol. The van der Waals surface area contributed by atoms with E-state index >= 15 is 0 Å². The van der Waals surface area contributed by atoms with Gasteiger partial charge in [-0.2, -0.15) is 8.42 Å². The number of benzene rings is 2. The Morgan fingerprint density at radius 3 is 2.38 bits per heavy atom. The van der Waals surface area contributed by atoms with Crippen LogP contribution in [0.2, 0.25) is 0 Å². The first-order valence-corrected chi connectivity index (χ1v) is 8.99. The van der Waals surface area contributed by atoms with Crippen LogP contribution in [0.5, 0.6) is 0 Å². The van der Waals surface area contributed by atoms with Crippen molar-refractivity contribution in [3.05, 3.63) is 60.2 Å². The highest BCUT2D eigenvalue weighted by Crippen LogP contribution is 2.18. The lowest BCUT2D eigenvalue weighted by Gasteiger charge is -2.07. The summed E-state index contributed by atoms with van der Waals surface area (Å²) in [5, 5.41) is 5.77. The molecule has 1 aliphatic heterocycles. The molecule has 0 aromatic heterocycles. The van der Waals surface area contributed by atoms with Crippen LogP contribution in [0.1, 0.15) is 12.5 Å². The Hall–Kier alpha value is -2.67. The van der Waals surface area contributed by atoms with E-state index in [4.69, 9.17) is 0 Å². The monoisotopic (exact) mass is 344 g/mol. The fourth-order valence-electron chi connectivity index (χ4n) is 2.60. The van der Waals surface area contributed by atoms with Crippen molar-refractivity contribution in [2.75, 3.05) is 18.4 Å². The first-order chi connectivity index (χ1) is 11.5. The number of sulfonamides is 1. The summed E-state index contributed by atoms with van der Waals surface area (Å²) in [7, 11) is -3.66. The average Bonchev–Trinajstić information content (AvgIpc) is 3.06. The molecule has 0 atom stereocenters. The Kier molecular flexibility index (Phi) is 4.35. The summed E-state index contributed by atoms with van der Waals surface area (Å²) in [4.78, 5) is 11.2. The molecule has 124 valence electrons. The third-order valence-electron chi connectivity index (χ3n) is 3.67. The van der Waals surface area contributed by atoms with Crippen LogP contribution in [0.25, 0.3) is 0 Å². The molecule has 24 heavy (non-hydrogen) atoms. The Bertz CT molecular complexity index is 888. The minimum absolute atomic E-state index is 0.189. The normalized spacial score (nSPS) is 14.4. The van der Waals surface area contributed by atoms with Crippen LogP contribution in [0.15, 0.2) is 59.5 Å². The second kappa shape index (κ2) is 6.45. The van der Waals surface area contributed by atoms with Crippen LogP contribution in [-0.2, 0) is 14.8 Å². The smallest absolute Gasteiger partial charge is 0.326 e. The first-order valence-electron chi connectivity index (χ1n) is 7.55. The number of nitrogens with zero attached hydrogens (tertiary/aromatic N) is 1. The van der Waals surface area contributed by atoms with Crippen LogP contribution in [0.4, 0.5) is 5.69 Å². The van der Waals surface area contributed by atoms with Crippen molar-refractivity contribution in [2.24, 2.45) is 0 Å². The molecule has 0 radical (unpaired) electrons. The molecule has 2 aromatic rings. The molecule has 0 saturated carbocycles. The van der Waals surface area contributed by atoms with Crippen molar-refractivity contribution in [2.45, 2.75) is 11.8 Å². The summed E-state index contributed by atoms with van der Waals surface area (Å²) < 4.78 is 27.2. The molecule has 0 aliphatic carbocycles. The minimum atomic E-state index is -3.66. The van der Waals surface area contributed by atoms with Gasteiger partial charge in [0.2, 0.25) is 5.91 Å². The van der Waals surface area contributed by atoms with Gasteiger partial charge in [0.1, 0.15) is 18.0 Å². The van der Waals surface area contributed by atoms with E-state index in [9.17, 15) is 13.2 Å². The molecule has 0 unspecified atom stereocenters. The molecule has 0 saturated heterocycles. The van der Waals surface area contributed by atoms with Crippen molar-refractivity contribution in [3.8, 4) is 0 Å². The van der Waals surface area contributed by atoms with Gasteiger partial charge in [0.25, 0.3) is 5.84 Å². The Balaban J connectivity index is 1.99. The number of anilines is 1. The number of carbonyl (C=O) groups excluding carboxylic acids is 1. The maximum Gasteiger partial charge on any atom is 0.331 e. The summed E-state index contributed by atoms with van der Waals surface area (Å²) in [6, 6.07) is 15.5. The van der Waals surface area contributed by atoms with Crippen LogP contribution in [0, 0.1) is 0 Å². The SMILES string of the molecule is CC(=O)Nc1ccc(S(=O)(=O)[N+]2=C(c3ccccc3)NCC2)cc1. The number of hydrogen-bond donors (Lipinski definition) is 2. The molecule has 1 heterocycles. The van der Waals surface area contributed by atoms with Gasteiger partial charge in [-0.15, -0.1) is 3.98 Å². The molecule has 0 bridgehead atoms. The lowest BCUT2D eigenvalue weighted by atomic mass is 10.2. The summed E-state index contributed by atoms with van der Waals surface area (Å²) in [5.74, 6) is 0.385. The minimum Gasteiger partial charge on any atom is -0.326 e. The Morgan fingerprint density at radius 2 is 1.75 bits per heavy atom.